The van der Waals surface area contributed by atoms with E-state index in [-0.39, 0.29) is 0 Å². The van der Waals surface area contributed by atoms with Crippen molar-refractivity contribution in [2.75, 3.05) is 5.88 Å². The van der Waals surface area contributed by atoms with E-state index in [9.17, 15) is 0 Å². The molecular formula is C12H27ClO2Si3. The first-order valence-corrected chi connectivity index (χ1v) is 15.4. The van der Waals surface area contributed by atoms with E-state index >= 15 is 0 Å². The average Bonchev–Trinajstić information content (AvgIpc) is 2.25. The quantitative estimate of drug-likeness (QED) is 0.457. The van der Waals surface area contributed by atoms with Crippen molar-refractivity contribution in [3.63, 3.8) is 0 Å². The first-order valence-electron chi connectivity index (χ1n) is 6.33. The molecule has 0 saturated carbocycles. The molecule has 0 radical (unpaired) electrons. The topological polar surface area (TPSA) is 18.5 Å². The van der Waals surface area contributed by atoms with Crippen LogP contribution in [0, 0.1) is 0 Å². The summed E-state index contributed by atoms with van der Waals surface area (Å²) < 4.78 is 12.8. The second-order valence-electron chi connectivity index (χ2n) is 5.75. The Morgan fingerprint density at radius 1 is 0.944 bits per heavy atom. The van der Waals surface area contributed by atoms with Gasteiger partial charge >= 0.3 is 8.56 Å². The van der Waals surface area contributed by atoms with E-state index in [1.165, 1.54) is 0 Å². The van der Waals surface area contributed by atoms with Gasteiger partial charge in [-0.1, -0.05) is 11.4 Å². The number of halogens is 1. The summed E-state index contributed by atoms with van der Waals surface area (Å²) in [5.41, 5.74) is 3.93. The molecule has 0 rings (SSSR count). The molecule has 0 aromatic rings. The zero-order valence-electron chi connectivity index (χ0n) is 12.4. The minimum absolute atomic E-state index is 0.654. The van der Waals surface area contributed by atoms with Gasteiger partial charge in [-0.05, 0) is 45.2 Å². The fourth-order valence-electron chi connectivity index (χ4n) is 1.71. The smallest absolute Gasteiger partial charge is 0.314 e. The molecule has 0 aliphatic carbocycles. The molecule has 18 heavy (non-hydrogen) atoms. The Labute approximate surface area is 121 Å². The standard InChI is InChI=1S/C12H27ClO2Si3/c1-8-16(3,4)14-18(7,12-10-11-13)15-17(5,6)9-2/h8-9H,1-2,10-12H2,3-7H3. The molecule has 0 spiro atoms. The Bertz CT molecular complexity index is 271. The van der Waals surface area contributed by atoms with E-state index in [2.05, 4.69) is 45.9 Å². The molecule has 106 valence electrons. The Morgan fingerprint density at radius 2 is 1.33 bits per heavy atom. The zero-order chi connectivity index (χ0) is 14.4. The van der Waals surface area contributed by atoms with Crippen molar-refractivity contribution in [1.29, 1.82) is 0 Å². The number of hydrogen-bond donors (Lipinski definition) is 0. The Kier molecular flexibility index (Phi) is 7.35. The maximum Gasteiger partial charge on any atom is 0.314 e. The predicted octanol–water partition coefficient (Wildman–Crippen LogP) is 4.58. The molecule has 0 aliphatic heterocycles. The molecule has 0 unspecified atom stereocenters. The highest BCUT2D eigenvalue weighted by molar-refractivity contribution is 6.91. The van der Waals surface area contributed by atoms with Crippen LogP contribution in [0.25, 0.3) is 0 Å². The van der Waals surface area contributed by atoms with E-state index in [4.69, 9.17) is 19.8 Å². The van der Waals surface area contributed by atoms with Crippen molar-refractivity contribution in [2.24, 2.45) is 0 Å². The maximum absolute atomic E-state index is 6.38. The van der Waals surface area contributed by atoms with Gasteiger partial charge in [0.25, 0.3) is 0 Å². The Morgan fingerprint density at radius 3 is 1.61 bits per heavy atom. The third-order valence-corrected chi connectivity index (χ3v) is 13.9. The molecule has 0 saturated heterocycles. The highest BCUT2D eigenvalue weighted by Gasteiger charge is 2.40. The second kappa shape index (κ2) is 7.21. The largest absolute Gasteiger partial charge is 0.433 e. The molecule has 0 atom stereocenters. The van der Waals surface area contributed by atoms with Crippen LogP contribution >= 0.6 is 11.6 Å². The first kappa shape index (κ1) is 18.3. The predicted molar refractivity (Wildman–Crippen MR) is 89.3 cm³/mol. The van der Waals surface area contributed by atoms with Crippen molar-refractivity contribution < 1.29 is 8.23 Å². The Hall–Kier alpha value is 0.341. The number of rotatable bonds is 9. The van der Waals surface area contributed by atoms with E-state index < -0.39 is 25.2 Å². The van der Waals surface area contributed by atoms with E-state index in [0.29, 0.717) is 5.88 Å². The molecule has 2 nitrogen and oxygen atoms in total. The summed E-state index contributed by atoms with van der Waals surface area (Å²) in [4.78, 5) is 0. The molecule has 0 N–H and O–H groups in total. The summed E-state index contributed by atoms with van der Waals surface area (Å²) in [7, 11) is -5.85. The van der Waals surface area contributed by atoms with Crippen LogP contribution in [0.2, 0.25) is 38.8 Å². The van der Waals surface area contributed by atoms with Crippen LogP contribution in [-0.2, 0) is 8.23 Å². The summed E-state index contributed by atoms with van der Waals surface area (Å²) in [6, 6.07) is 0.936. The normalized spacial score (nSPS) is 13.4. The molecule has 0 aliphatic rings. The van der Waals surface area contributed by atoms with Crippen LogP contribution in [-0.4, -0.2) is 31.1 Å². The molecular weight excluding hydrogens is 296 g/mol. The monoisotopic (exact) mass is 322 g/mol. The van der Waals surface area contributed by atoms with Crippen molar-refractivity contribution in [2.45, 2.75) is 45.2 Å². The Balaban J connectivity index is 4.93. The van der Waals surface area contributed by atoms with Crippen LogP contribution in [0.15, 0.2) is 24.6 Å². The van der Waals surface area contributed by atoms with Crippen LogP contribution in [0.3, 0.4) is 0 Å². The molecule has 0 aromatic carbocycles. The molecule has 0 bridgehead atoms. The number of alkyl halides is 1. The lowest BCUT2D eigenvalue weighted by Gasteiger charge is -2.38. The lowest BCUT2D eigenvalue weighted by atomic mass is 10.6. The zero-order valence-corrected chi connectivity index (χ0v) is 16.1. The highest BCUT2D eigenvalue weighted by Crippen LogP contribution is 2.26. The maximum atomic E-state index is 6.38. The average molecular weight is 323 g/mol. The van der Waals surface area contributed by atoms with E-state index in [0.717, 1.165) is 12.5 Å². The van der Waals surface area contributed by atoms with E-state index in [1.54, 1.807) is 0 Å². The minimum Gasteiger partial charge on any atom is -0.433 e. The molecule has 0 aromatic heterocycles. The molecule has 0 fully saturated rings. The summed E-state index contributed by atoms with van der Waals surface area (Å²) >= 11 is 5.81. The summed E-state index contributed by atoms with van der Waals surface area (Å²) in [6.07, 6.45) is 0.938. The van der Waals surface area contributed by atoms with Crippen LogP contribution in [0.5, 0.6) is 0 Å². The molecule has 0 heterocycles. The van der Waals surface area contributed by atoms with Crippen molar-refractivity contribution in [3.8, 4) is 0 Å². The third-order valence-electron chi connectivity index (χ3n) is 2.71. The fourth-order valence-corrected chi connectivity index (χ4v) is 13.8. The van der Waals surface area contributed by atoms with Crippen LogP contribution in [0.4, 0.5) is 0 Å². The minimum atomic E-state index is -2.19. The summed E-state index contributed by atoms with van der Waals surface area (Å²) in [5, 5.41) is 0. The van der Waals surface area contributed by atoms with Gasteiger partial charge in [-0.15, -0.1) is 24.8 Å². The van der Waals surface area contributed by atoms with Gasteiger partial charge in [0, 0.05) is 5.88 Å². The molecule has 6 heteroatoms. The van der Waals surface area contributed by atoms with Gasteiger partial charge < -0.3 is 8.23 Å². The SMILES string of the molecule is C=C[Si](C)(C)O[Si](C)(CCCCl)O[Si](C)(C)C=C. The van der Waals surface area contributed by atoms with Gasteiger partial charge in [-0.25, -0.2) is 0 Å². The third kappa shape index (κ3) is 7.06. The lowest BCUT2D eigenvalue weighted by Crippen LogP contribution is -2.53. The summed E-state index contributed by atoms with van der Waals surface area (Å²) in [5.74, 6) is 0.654. The van der Waals surface area contributed by atoms with Gasteiger partial charge in [0.1, 0.15) is 0 Å². The second-order valence-corrected chi connectivity index (χ2v) is 17.8. The van der Waals surface area contributed by atoms with E-state index in [1.807, 2.05) is 11.4 Å². The lowest BCUT2D eigenvalue weighted by molar-refractivity contribution is 0.387. The fraction of sp³-hybridized carbons (Fsp3) is 0.667. The van der Waals surface area contributed by atoms with Gasteiger partial charge in [0.05, 0.1) is 0 Å². The van der Waals surface area contributed by atoms with Gasteiger partial charge in [0.2, 0.25) is 0 Å². The highest BCUT2D eigenvalue weighted by atomic mass is 35.5. The molecule has 0 amide bonds. The van der Waals surface area contributed by atoms with Gasteiger partial charge in [-0.3, -0.25) is 0 Å². The number of hydrogen-bond acceptors (Lipinski definition) is 2. The van der Waals surface area contributed by atoms with Crippen molar-refractivity contribution >= 4 is 36.8 Å². The van der Waals surface area contributed by atoms with Gasteiger partial charge in [0.15, 0.2) is 16.6 Å². The van der Waals surface area contributed by atoms with Crippen molar-refractivity contribution in [1.82, 2.24) is 0 Å². The summed E-state index contributed by atoms with van der Waals surface area (Å²) in [6.45, 7) is 18.5. The first-order chi connectivity index (χ1) is 8.10. The van der Waals surface area contributed by atoms with Crippen molar-refractivity contribution in [3.05, 3.63) is 24.6 Å². The van der Waals surface area contributed by atoms with Crippen LogP contribution in [0.1, 0.15) is 6.42 Å². The van der Waals surface area contributed by atoms with Gasteiger partial charge in [-0.2, -0.15) is 0 Å². The van der Waals surface area contributed by atoms with Crippen LogP contribution < -0.4 is 0 Å².